The van der Waals surface area contributed by atoms with E-state index >= 15 is 0 Å². The first-order valence-corrected chi connectivity index (χ1v) is 6.67. The number of ether oxygens (including phenoxy) is 1. The van der Waals surface area contributed by atoms with Crippen LogP contribution >= 0.6 is 38.5 Å². The molecule has 0 bridgehead atoms. The molecule has 0 aliphatic carbocycles. The average Bonchev–Trinajstić information content (AvgIpc) is 2.31. The molecule has 0 unspecified atom stereocenters. The van der Waals surface area contributed by atoms with Gasteiger partial charge in [-0.2, -0.15) is 0 Å². The normalized spacial score (nSPS) is 10.1. The molecule has 1 aromatic carbocycles. The average molecular weight is 421 g/mol. The van der Waals surface area contributed by atoms with Crippen LogP contribution in [0.25, 0.3) is 0 Å². The van der Waals surface area contributed by atoms with E-state index in [0.717, 1.165) is 9.77 Å². The second kappa shape index (κ2) is 5.61. The van der Waals surface area contributed by atoms with E-state index in [1.165, 1.54) is 6.07 Å². The van der Waals surface area contributed by atoms with E-state index in [-0.39, 0.29) is 5.69 Å². The summed E-state index contributed by atoms with van der Waals surface area (Å²) in [5.74, 6) is 0.923. The van der Waals surface area contributed by atoms with Gasteiger partial charge in [0.25, 0.3) is 5.69 Å². The van der Waals surface area contributed by atoms with E-state index in [2.05, 4.69) is 43.5 Å². The van der Waals surface area contributed by atoms with E-state index in [1.807, 2.05) is 18.2 Å². The second-order valence-electron chi connectivity index (χ2n) is 3.30. The SMILES string of the molecule is O=[N+]([O-])c1cnc(Oc2cccc(I)c2)c(Br)c1. The van der Waals surface area contributed by atoms with Crippen molar-refractivity contribution in [3.8, 4) is 11.6 Å². The molecule has 2 aromatic rings. The van der Waals surface area contributed by atoms with E-state index in [4.69, 9.17) is 4.74 Å². The molecule has 7 heteroatoms. The molecule has 0 atom stereocenters. The minimum absolute atomic E-state index is 0.0862. The molecule has 1 aromatic heterocycles. The largest absolute Gasteiger partial charge is 0.438 e. The molecule has 0 fully saturated rings. The third-order valence-electron chi connectivity index (χ3n) is 2.01. The molecule has 0 amide bonds. The van der Waals surface area contributed by atoms with Crippen molar-refractivity contribution < 1.29 is 9.66 Å². The van der Waals surface area contributed by atoms with E-state index in [1.54, 1.807) is 6.07 Å². The van der Waals surface area contributed by atoms with Gasteiger partial charge in [-0.15, -0.1) is 0 Å². The fourth-order valence-corrected chi connectivity index (χ4v) is 2.16. The number of pyridine rings is 1. The van der Waals surface area contributed by atoms with Gasteiger partial charge in [0.15, 0.2) is 0 Å². The molecule has 18 heavy (non-hydrogen) atoms. The molecule has 0 spiro atoms. The van der Waals surface area contributed by atoms with Crippen LogP contribution in [0.5, 0.6) is 11.6 Å². The smallest absolute Gasteiger partial charge is 0.288 e. The molecule has 2 rings (SSSR count). The zero-order valence-corrected chi connectivity index (χ0v) is 12.6. The highest BCUT2D eigenvalue weighted by Crippen LogP contribution is 2.30. The van der Waals surface area contributed by atoms with Crippen molar-refractivity contribution in [2.24, 2.45) is 0 Å². The summed E-state index contributed by atoms with van der Waals surface area (Å²) in [7, 11) is 0. The zero-order chi connectivity index (χ0) is 13.1. The lowest BCUT2D eigenvalue weighted by Crippen LogP contribution is -1.93. The van der Waals surface area contributed by atoms with Crippen molar-refractivity contribution >= 4 is 44.2 Å². The van der Waals surface area contributed by atoms with Crippen molar-refractivity contribution in [2.75, 3.05) is 0 Å². The van der Waals surface area contributed by atoms with Crippen molar-refractivity contribution in [1.82, 2.24) is 4.98 Å². The van der Waals surface area contributed by atoms with Crippen molar-refractivity contribution in [3.63, 3.8) is 0 Å². The number of hydrogen-bond acceptors (Lipinski definition) is 4. The summed E-state index contributed by atoms with van der Waals surface area (Å²) in [6.07, 6.45) is 1.16. The first-order chi connectivity index (χ1) is 8.56. The standard InChI is InChI=1S/C11H6BrIN2O3/c12-10-5-8(15(16)17)6-14-11(10)18-9-3-1-2-7(13)4-9/h1-6H. The van der Waals surface area contributed by atoms with Crippen LogP contribution in [0, 0.1) is 13.7 Å². The molecule has 0 radical (unpaired) electrons. The maximum absolute atomic E-state index is 10.6. The van der Waals surface area contributed by atoms with Gasteiger partial charge in [0.2, 0.25) is 5.88 Å². The predicted octanol–water partition coefficient (Wildman–Crippen LogP) is 4.15. The molecule has 5 nitrogen and oxygen atoms in total. The highest BCUT2D eigenvalue weighted by molar-refractivity contribution is 14.1. The minimum Gasteiger partial charge on any atom is -0.438 e. The first-order valence-electron chi connectivity index (χ1n) is 4.79. The lowest BCUT2D eigenvalue weighted by molar-refractivity contribution is -0.385. The third kappa shape index (κ3) is 3.16. The molecule has 0 saturated carbocycles. The molecule has 0 aliphatic rings. The van der Waals surface area contributed by atoms with Crippen LogP contribution in [0.1, 0.15) is 0 Å². The Kier molecular flexibility index (Phi) is 4.12. The fraction of sp³-hybridized carbons (Fsp3) is 0. The fourth-order valence-electron chi connectivity index (χ4n) is 1.23. The highest BCUT2D eigenvalue weighted by atomic mass is 127. The molecular weight excluding hydrogens is 415 g/mol. The monoisotopic (exact) mass is 420 g/mol. The summed E-state index contributed by atoms with van der Waals surface area (Å²) >= 11 is 5.37. The molecule has 1 heterocycles. The van der Waals surface area contributed by atoms with Crippen molar-refractivity contribution in [3.05, 3.63) is 54.7 Å². The van der Waals surface area contributed by atoms with Gasteiger partial charge in [-0.3, -0.25) is 10.1 Å². The molecule has 0 saturated heterocycles. The van der Waals surface area contributed by atoms with E-state index in [9.17, 15) is 10.1 Å². The van der Waals surface area contributed by atoms with Gasteiger partial charge >= 0.3 is 0 Å². The Bertz CT molecular complexity index is 607. The number of hydrogen-bond donors (Lipinski definition) is 0. The number of rotatable bonds is 3. The van der Waals surface area contributed by atoms with Crippen molar-refractivity contribution in [1.29, 1.82) is 0 Å². The Balaban J connectivity index is 2.27. The van der Waals surface area contributed by atoms with Gasteiger partial charge in [-0.25, -0.2) is 4.98 Å². The van der Waals surface area contributed by atoms with Crippen LogP contribution in [0.15, 0.2) is 41.0 Å². The van der Waals surface area contributed by atoms with Crippen LogP contribution in [-0.2, 0) is 0 Å². The van der Waals surface area contributed by atoms with Crippen LogP contribution in [0.3, 0.4) is 0 Å². The molecule has 0 aliphatic heterocycles. The number of aromatic nitrogens is 1. The minimum atomic E-state index is -0.507. The summed E-state index contributed by atoms with van der Waals surface area (Å²) in [6.45, 7) is 0. The quantitative estimate of drug-likeness (QED) is 0.425. The summed E-state index contributed by atoms with van der Waals surface area (Å²) in [4.78, 5) is 14.0. The highest BCUT2D eigenvalue weighted by Gasteiger charge is 2.12. The second-order valence-corrected chi connectivity index (χ2v) is 5.40. The first kappa shape index (κ1) is 13.2. The number of nitro groups is 1. The lowest BCUT2D eigenvalue weighted by Gasteiger charge is -2.06. The van der Waals surface area contributed by atoms with Gasteiger partial charge in [0.1, 0.15) is 11.9 Å². The number of benzene rings is 1. The van der Waals surface area contributed by atoms with E-state index in [0.29, 0.717) is 16.1 Å². The molecule has 0 N–H and O–H groups in total. The Morgan fingerprint density at radius 1 is 1.39 bits per heavy atom. The number of halogens is 2. The van der Waals surface area contributed by atoms with Gasteiger partial charge in [0.05, 0.1) is 9.40 Å². The number of nitrogens with zero attached hydrogens (tertiary/aromatic N) is 2. The Hall–Kier alpha value is -1.22. The maximum Gasteiger partial charge on any atom is 0.288 e. The Labute approximate surface area is 125 Å². The van der Waals surface area contributed by atoms with Gasteiger partial charge in [-0.05, 0) is 56.7 Å². The third-order valence-corrected chi connectivity index (χ3v) is 3.25. The molecule has 92 valence electrons. The zero-order valence-electron chi connectivity index (χ0n) is 8.84. The topological polar surface area (TPSA) is 65.3 Å². The summed E-state index contributed by atoms with van der Waals surface area (Å²) in [5.41, 5.74) is -0.0862. The van der Waals surface area contributed by atoms with Crippen LogP contribution < -0.4 is 4.74 Å². The molecular formula is C11H6BrIN2O3. The van der Waals surface area contributed by atoms with Gasteiger partial charge < -0.3 is 4.74 Å². The summed E-state index contributed by atoms with van der Waals surface area (Å²) in [6, 6.07) is 8.78. The van der Waals surface area contributed by atoms with E-state index < -0.39 is 4.92 Å². The summed E-state index contributed by atoms with van der Waals surface area (Å²) in [5, 5.41) is 10.6. The maximum atomic E-state index is 10.6. The summed E-state index contributed by atoms with van der Waals surface area (Å²) < 4.78 is 7.01. The lowest BCUT2D eigenvalue weighted by atomic mass is 10.3. The van der Waals surface area contributed by atoms with Crippen LogP contribution in [-0.4, -0.2) is 9.91 Å². The van der Waals surface area contributed by atoms with Crippen LogP contribution in [0.2, 0.25) is 0 Å². The van der Waals surface area contributed by atoms with Gasteiger partial charge in [-0.1, -0.05) is 6.07 Å². The predicted molar refractivity (Wildman–Crippen MR) is 77.8 cm³/mol. The Morgan fingerprint density at radius 3 is 2.78 bits per heavy atom. The van der Waals surface area contributed by atoms with Crippen molar-refractivity contribution in [2.45, 2.75) is 0 Å². The van der Waals surface area contributed by atoms with Gasteiger partial charge in [0, 0.05) is 9.64 Å². The van der Waals surface area contributed by atoms with Crippen LogP contribution in [0.4, 0.5) is 5.69 Å². The Morgan fingerprint density at radius 2 is 2.17 bits per heavy atom.